The van der Waals surface area contributed by atoms with Crippen LogP contribution in [0.3, 0.4) is 0 Å². The van der Waals surface area contributed by atoms with Gasteiger partial charge in [0.25, 0.3) is 0 Å². The van der Waals surface area contributed by atoms with Crippen LogP contribution in [0.15, 0.2) is 18.2 Å². The molecule has 190 valence electrons. The average molecular weight is 486 g/mol. The molecule has 0 radical (unpaired) electrons. The Morgan fingerprint density at radius 3 is 2.54 bits per heavy atom. The predicted octanol–water partition coefficient (Wildman–Crippen LogP) is 2.29. The maximum Gasteiger partial charge on any atom is 0.494 e. The number of aromatic amines is 1. The van der Waals surface area contributed by atoms with Crippen LogP contribution in [0.4, 0.5) is 4.79 Å². The normalized spacial score (nSPS) is 22.9. The number of nitrogens with zero attached hydrogens (tertiary/aromatic N) is 2. The minimum Gasteiger partial charge on any atom is -0.453 e. The summed E-state index contributed by atoms with van der Waals surface area (Å²) in [7, 11) is 2.29. The van der Waals surface area contributed by atoms with Crippen molar-refractivity contribution in [3.8, 4) is 0 Å². The summed E-state index contributed by atoms with van der Waals surface area (Å²) in [5.74, 6) is 0.476. The van der Waals surface area contributed by atoms with Crippen molar-refractivity contribution in [2.45, 2.75) is 76.9 Å². The number of aromatic nitrogens is 2. The highest BCUT2D eigenvalue weighted by Crippen LogP contribution is 2.37. The third kappa shape index (κ3) is 4.77. The number of methoxy groups -OCH3 is 2. The summed E-state index contributed by atoms with van der Waals surface area (Å²) in [6, 6.07) is 4.78. The first-order chi connectivity index (χ1) is 16.5. The predicted molar refractivity (Wildman–Crippen MR) is 131 cm³/mol. The molecule has 2 fully saturated rings. The van der Waals surface area contributed by atoms with Gasteiger partial charge in [0.1, 0.15) is 11.9 Å². The molecule has 3 heterocycles. The molecule has 2 N–H and O–H groups in total. The van der Waals surface area contributed by atoms with Gasteiger partial charge in [0.2, 0.25) is 5.91 Å². The number of ether oxygens (including phenoxy) is 2. The number of rotatable bonds is 6. The van der Waals surface area contributed by atoms with Gasteiger partial charge in [-0.25, -0.2) is 9.78 Å². The lowest BCUT2D eigenvalue weighted by Crippen LogP contribution is -2.54. The topological polar surface area (TPSA) is 115 Å². The summed E-state index contributed by atoms with van der Waals surface area (Å²) in [4.78, 5) is 35.2. The molecule has 4 rings (SSSR count). The third-order valence-electron chi connectivity index (χ3n) is 7.47. The number of imidazole rings is 1. The maximum absolute atomic E-state index is 13.4. The SMILES string of the molecule is COC(=O)N[C@H](C(=O)N1CCC[C@H]1c1nc2ccc(B3OC(C)(C)C(C)(C)O3)cc2[nH]1)[C@@H](C)OC. The van der Waals surface area contributed by atoms with E-state index in [0.717, 1.165) is 29.3 Å². The lowest BCUT2D eigenvalue weighted by molar-refractivity contribution is -0.137. The first kappa shape index (κ1) is 25.5. The maximum atomic E-state index is 13.4. The Kier molecular flexibility index (Phi) is 6.87. The van der Waals surface area contributed by atoms with Crippen molar-refractivity contribution in [2.75, 3.05) is 20.8 Å². The highest BCUT2D eigenvalue weighted by Gasteiger charge is 2.51. The summed E-state index contributed by atoms with van der Waals surface area (Å²) in [6.07, 6.45) is 0.393. The zero-order valence-electron chi connectivity index (χ0n) is 21.5. The van der Waals surface area contributed by atoms with Gasteiger partial charge in [-0.05, 0) is 65.1 Å². The molecule has 0 unspecified atom stereocenters. The van der Waals surface area contributed by atoms with Crippen molar-refractivity contribution in [3.63, 3.8) is 0 Å². The van der Waals surface area contributed by atoms with Crippen LogP contribution in [0, 0.1) is 0 Å². The van der Waals surface area contributed by atoms with E-state index < -0.39 is 36.6 Å². The van der Waals surface area contributed by atoms with Gasteiger partial charge >= 0.3 is 13.2 Å². The van der Waals surface area contributed by atoms with Crippen LogP contribution in [-0.4, -0.2) is 78.1 Å². The van der Waals surface area contributed by atoms with E-state index in [1.165, 1.54) is 14.2 Å². The molecule has 2 aliphatic heterocycles. The number of carbonyl (C=O) groups is 2. The minimum absolute atomic E-state index is 0.231. The molecule has 10 nitrogen and oxygen atoms in total. The van der Waals surface area contributed by atoms with Gasteiger partial charge in [-0.1, -0.05) is 6.07 Å². The molecule has 0 spiro atoms. The Hall–Kier alpha value is -2.63. The van der Waals surface area contributed by atoms with Crippen LogP contribution < -0.4 is 10.8 Å². The highest BCUT2D eigenvalue weighted by atomic mass is 16.7. The first-order valence-electron chi connectivity index (χ1n) is 12.0. The number of nitrogens with one attached hydrogen (secondary N) is 2. The second-order valence-corrected chi connectivity index (χ2v) is 10.2. The van der Waals surface area contributed by atoms with Crippen LogP contribution >= 0.6 is 0 Å². The van der Waals surface area contributed by atoms with Crippen molar-refractivity contribution in [1.82, 2.24) is 20.2 Å². The smallest absolute Gasteiger partial charge is 0.453 e. The largest absolute Gasteiger partial charge is 0.494 e. The number of carbonyl (C=O) groups excluding carboxylic acids is 2. The van der Waals surface area contributed by atoms with Gasteiger partial charge in [-0.2, -0.15) is 0 Å². The fourth-order valence-electron chi connectivity index (χ4n) is 4.53. The zero-order chi connectivity index (χ0) is 25.5. The highest BCUT2D eigenvalue weighted by molar-refractivity contribution is 6.62. The number of benzene rings is 1. The molecule has 3 atom stereocenters. The number of alkyl carbamates (subject to hydrolysis) is 1. The molecule has 11 heteroatoms. The number of hydrogen-bond donors (Lipinski definition) is 2. The van der Waals surface area contributed by atoms with Crippen LogP contribution in [0.2, 0.25) is 0 Å². The number of likely N-dealkylation sites (tertiary alicyclic amines) is 1. The van der Waals surface area contributed by atoms with E-state index in [9.17, 15) is 9.59 Å². The summed E-state index contributed by atoms with van der Waals surface area (Å²) >= 11 is 0. The number of hydrogen-bond acceptors (Lipinski definition) is 7. The Labute approximate surface area is 206 Å². The molecular formula is C24H35BN4O6. The molecule has 2 saturated heterocycles. The fraction of sp³-hybridized carbons (Fsp3) is 0.625. The second-order valence-electron chi connectivity index (χ2n) is 10.2. The fourth-order valence-corrected chi connectivity index (χ4v) is 4.53. The van der Waals surface area contributed by atoms with Crippen LogP contribution in [-0.2, 0) is 23.6 Å². The number of fused-ring (bicyclic) bond motifs is 1. The molecule has 2 aliphatic rings. The van der Waals surface area contributed by atoms with Crippen LogP contribution in [0.25, 0.3) is 11.0 Å². The van der Waals surface area contributed by atoms with Gasteiger partial charge in [0.05, 0.1) is 41.5 Å². The lowest BCUT2D eigenvalue weighted by Gasteiger charge is -2.32. The zero-order valence-corrected chi connectivity index (χ0v) is 21.5. The Balaban J connectivity index is 1.57. The van der Waals surface area contributed by atoms with E-state index in [1.807, 2.05) is 45.9 Å². The summed E-state index contributed by atoms with van der Waals surface area (Å²) < 4.78 is 22.4. The van der Waals surface area contributed by atoms with Crippen molar-refractivity contribution in [2.24, 2.45) is 0 Å². The Bertz CT molecular complexity index is 1090. The van der Waals surface area contributed by atoms with Gasteiger partial charge in [-0.15, -0.1) is 0 Å². The standard InChI is InChI=1S/C24H35BN4O6/c1-14(32-6)19(28-22(31)33-7)21(30)29-12-8-9-18(29)20-26-16-11-10-15(13-17(16)27-20)25-34-23(2,3)24(4,5)35-25/h10-11,13-14,18-19H,8-9,12H2,1-7H3,(H,26,27)(H,28,31)/t14-,18+,19+/m1/s1. The van der Waals surface area contributed by atoms with E-state index in [1.54, 1.807) is 11.8 Å². The van der Waals surface area contributed by atoms with Gasteiger partial charge < -0.3 is 34.0 Å². The van der Waals surface area contributed by atoms with Crippen molar-refractivity contribution in [1.29, 1.82) is 0 Å². The average Bonchev–Trinajstić information content (AvgIpc) is 3.51. The van der Waals surface area contributed by atoms with Gasteiger partial charge in [-0.3, -0.25) is 4.79 Å². The Morgan fingerprint density at radius 2 is 1.91 bits per heavy atom. The summed E-state index contributed by atoms with van der Waals surface area (Å²) in [5, 5.41) is 2.61. The summed E-state index contributed by atoms with van der Waals surface area (Å²) in [5.41, 5.74) is 1.70. The van der Waals surface area contributed by atoms with Crippen molar-refractivity contribution < 1.29 is 28.4 Å². The lowest BCUT2D eigenvalue weighted by atomic mass is 9.79. The van der Waals surface area contributed by atoms with Crippen molar-refractivity contribution in [3.05, 3.63) is 24.0 Å². The number of amides is 2. The molecule has 2 aromatic rings. The molecule has 35 heavy (non-hydrogen) atoms. The Morgan fingerprint density at radius 1 is 1.23 bits per heavy atom. The van der Waals surface area contributed by atoms with E-state index >= 15 is 0 Å². The molecular weight excluding hydrogens is 451 g/mol. The summed E-state index contributed by atoms with van der Waals surface area (Å²) in [6.45, 7) is 10.4. The third-order valence-corrected chi connectivity index (χ3v) is 7.47. The number of H-pyrrole nitrogens is 1. The quantitative estimate of drug-likeness (QED) is 0.602. The van der Waals surface area contributed by atoms with Gasteiger partial charge in [0.15, 0.2) is 0 Å². The second kappa shape index (κ2) is 9.44. The molecule has 0 saturated carbocycles. The molecule has 1 aromatic heterocycles. The molecule has 1 aromatic carbocycles. The molecule has 2 amide bonds. The molecule has 0 bridgehead atoms. The van der Waals surface area contributed by atoms with Crippen molar-refractivity contribution >= 4 is 35.6 Å². The van der Waals surface area contributed by atoms with Gasteiger partial charge in [0, 0.05) is 13.7 Å². The van der Waals surface area contributed by atoms with Crippen LogP contribution in [0.1, 0.15) is 59.3 Å². The minimum atomic E-state index is -0.868. The molecule has 0 aliphatic carbocycles. The van der Waals surface area contributed by atoms with E-state index in [-0.39, 0.29) is 11.9 Å². The van der Waals surface area contributed by atoms with E-state index in [2.05, 4.69) is 10.3 Å². The monoisotopic (exact) mass is 486 g/mol. The van der Waals surface area contributed by atoms with E-state index in [4.69, 9.17) is 23.8 Å². The van der Waals surface area contributed by atoms with E-state index in [0.29, 0.717) is 12.4 Å². The van der Waals surface area contributed by atoms with Crippen LogP contribution in [0.5, 0.6) is 0 Å². The first-order valence-corrected chi connectivity index (χ1v) is 12.0.